The Kier molecular flexibility index (Phi) is 9.24. The highest BCUT2D eigenvalue weighted by Gasteiger charge is 2.11. The van der Waals surface area contributed by atoms with Gasteiger partial charge in [-0.15, -0.1) is 0 Å². The number of unbranched alkanes of at least 4 members (excludes halogenated alkanes) is 1. The van der Waals surface area contributed by atoms with E-state index in [9.17, 15) is 4.79 Å². The van der Waals surface area contributed by atoms with Crippen LogP contribution in [0.15, 0.2) is 12.7 Å². The van der Waals surface area contributed by atoms with Crippen molar-refractivity contribution in [3.05, 3.63) is 12.7 Å². The van der Waals surface area contributed by atoms with E-state index < -0.39 is 5.97 Å². The second-order valence-corrected chi connectivity index (χ2v) is 4.19. The molecule has 0 aromatic heterocycles. The third kappa shape index (κ3) is 9.51. The molecule has 0 bridgehead atoms. The monoisotopic (exact) mass is 212 g/mol. The third-order valence-electron chi connectivity index (χ3n) is 2.87. The molecule has 0 saturated heterocycles. The van der Waals surface area contributed by atoms with E-state index >= 15 is 0 Å². The number of hydrogen-bond acceptors (Lipinski definition) is 1. The molecule has 0 radical (unpaired) electrons. The minimum Gasteiger partial charge on any atom is -0.478 e. The maximum atomic E-state index is 9.25. The summed E-state index contributed by atoms with van der Waals surface area (Å²) < 4.78 is 0. The SMILES string of the molecule is C=CC(=O)O.CCCCC1CCCCC1. The normalized spacial score (nSPS) is 16.3. The number of hydrogen-bond donors (Lipinski definition) is 1. The van der Waals surface area contributed by atoms with Crippen LogP contribution in [0.25, 0.3) is 0 Å². The molecule has 1 saturated carbocycles. The summed E-state index contributed by atoms with van der Waals surface area (Å²) in [4.78, 5) is 9.25. The van der Waals surface area contributed by atoms with Crippen LogP contribution in [0.2, 0.25) is 0 Å². The first-order valence-electron chi connectivity index (χ1n) is 6.06. The van der Waals surface area contributed by atoms with Crippen LogP contribution in [0.1, 0.15) is 58.3 Å². The number of carboxylic acids is 1. The molecule has 1 fully saturated rings. The molecule has 2 heteroatoms. The maximum Gasteiger partial charge on any atom is 0.327 e. The van der Waals surface area contributed by atoms with Crippen LogP contribution in [0.3, 0.4) is 0 Å². The first kappa shape index (κ1) is 14.2. The molecule has 0 aromatic carbocycles. The molecule has 0 amide bonds. The van der Waals surface area contributed by atoms with Crippen LogP contribution in [-0.2, 0) is 4.79 Å². The third-order valence-corrected chi connectivity index (χ3v) is 2.87. The van der Waals surface area contributed by atoms with Crippen molar-refractivity contribution in [2.24, 2.45) is 5.92 Å². The van der Waals surface area contributed by atoms with Crippen molar-refractivity contribution in [2.45, 2.75) is 58.3 Å². The average Bonchev–Trinajstić information content (AvgIpc) is 2.28. The highest BCUT2D eigenvalue weighted by molar-refractivity contribution is 5.78. The molecular formula is C13H24O2. The predicted octanol–water partition coefficient (Wildman–Crippen LogP) is 4.01. The van der Waals surface area contributed by atoms with Crippen molar-refractivity contribution < 1.29 is 9.90 Å². The molecule has 15 heavy (non-hydrogen) atoms. The zero-order chi connectivity index (χ0) is 11.5. The van der Waals surface area contributed by atoms with Gasteiger partial charge in [-0.05, 0) is 5.92 Å². The van der Waals surface area contributed by atoms with Gasteiger partial charge in [0.2, 0.25) is 0 Å². The van der Waals surface area contributed by atoms with Crippen molar-refractivity contribution in [1.82, 2.24) is 0 Å². The number of carbonyl (C=O) groups is 1. The number of rotatable bonds is 4. The molecule has 1 N–H and O–H groups in total. The highest BCUT2D eigenvalue weighted by Crippen LogP contribution is 2.27. The van der Waals surface area contributed by atoms with E-state index in [-0.39, 0.29) is 0 Å². The van der Waals surface area contributed by atoms with Crippen LogP contribution in [0, 0.1) is 5.92 Å². The van der Waals surface area contributed by atoms with E-state index in [1.54, 1.807) is 0 Å². The van der Waals surface area contributed by atoms with Crippen molar-refractivity contribution in [3.8, 4) is 0 Å². The fourth-order valence-corrected chi connectivity index (χ4v) is 1.97. The fraction of sp³-hybridized carbons (Fsp3) is 0.769. The second-order valence-electron chi connectivity index (χ2n) is 4.19. The van der Waals surface area contributed by atoms with E-state index in [1.807, 2.05) is 0 Å². The van der Waals surface area contributed by atoms with Gasteiger partial charge in [0.05, 0.1) is 0 Å². The lowest BCUT2D eigenvalue weighted by Gasteiger charge is -2.20. The summed E-state index contributed by atoms with van der Waals surface area (Å²) in [7, 11) is 0. The lowest BCUT2D eigenvalue weighted by Crippen LogP contribution is -2.05. The minimum atomic E-state index is -0.981. The molecule has 0 unspecified atom stereocenters. The zero-order valence-electron chi connectivity index (χ0n) is 9.87. The van der Waals surface area contributed by atoms with E-state index in [0.717, 1.165) is 12.0 Å². The molecule has 1 aliphatic carbocycles. The van der Waals surface area contributed by atoms with Gasteiger partial charge in [-0.2, -0.15) is 0 Å². The molecule has 88 valence electrons. The van der Waals surface area contributed by atoms with Crippen molar-refractivity contribution in [2.75, 3.05) is 0 Å². The van der Waals surface area contributed by atoms with Gasteiger partial charge in [-0.1, -0.05) is 64.9 Å². The summed E-state index contributed by atoms with van der Waals surface area (Å²) in [6, 6.07) is 0. The van der Waals surface area contributed by atoms with E-state index in [2.05, 4.69) is 13.5 Å². The lowest BCUT2D eigenvalue weighted by atomic mass is 9.86. The van der Waals surface area contributed by atoms with Gasteiger partial charge in [-0.3, -0.25) is 0 Å². The Morgan fingerprint density at radius 1 is 1.40 bits per heavy atom. The summed E-state index contributed by atoms with van der Waals surface area (Å²) in [5.74, 6) is 0.124. The van der Waals surface area contributed by atoms with Crippen LogP contribution in [0.5, 0.6) is 0 Å². The minimum absolute atomic E-state index is 0.833. The Balaban J connectivity index is 0.000000336. The first-order valence-corrected chi connectivity index (χ1v) is 6.06. The van der Waals surface area contributed by atoms with Crippen molar-refractivity contribution in [1.29, 1.82) is 0 Å². The van der Waals surface area contributed by atoms with E-state index in [1.165, 1.54) is 51.4 Å². The Morgan fingerprint density at radius 2 is 1.93 bits per heavy atom. The van der Waals surface area contributed by atoms with E-state index in [4.69, 9.17) is 5.11 Å². The van der Waals surface area contributed by atoms with Crippen molar-refractivity contribution >= 4 is 5.97 Å². The number of carboxylic acid groups (broad SMARTS) is 1. The van der Waals surface area contributed by atoms with Gasteiger partial charge in [0.1, 0.15) is 0 Å². The van der Waals surface area contributed by atoms with Crippen LogP contribution >= 0.6 is 0 Å². The van der Waals surface area contributed by atoms with Gasteiger partial charge in [0, 0.05) is 6.08 Å². The molecular weight excluding hydrogens is 188 g/mol. The Labute approximate surface area is 93.4 Å². The summed E-state index contributed by atoms with van der Waals surface area (Å²) in [6.45, 7) is 5.26. The molecule has 2 nitrogen and oxygen atoms in total. The quantitative estimate of drug-likeness (QED) is 0.715. The fourth-order valence-electron chi connectivity index (χ4n) is 1.97. The van der Waals surface area contributed by atoms with Gasteiger partial charge in [-0.25, -0.2) is 4.79 Å². The Bertz CT molecular complexity index is 169. The zero-order valence-corrected chi connectivity index (χ0v) is 9.87. The smallest absolute Gasteiger partial charge is 0.327 e. The topological polar surface area (TPSA) is 37.3 Å². The largest absolute Gasteiger partial charge is 0.478 e. The second kappa shape index (κ2) is 9.75. The Hall–Kier alpha value is -0.790. The van der Waals surface area contributed by atoms with Gasteiger partial charge >= 0.3 is 5.97 Å². The molecule has 0 spiro atoms. The van der Waals surface area contributed by atoms with E-state index in [0.29, 0.717) is 0 Å². The van der Waals surface area contributed by atoms with Gasteiger partial charge in [0.25, 0.3) is 0 Å². The summed E-state index contributed by atoms with van der Waals surface area (Å²) in [6.07, 6.45) is 12.8. The van der Waals surface area contributed by atoms with Gasteiger partial charge in [0.15, 0.2) is 0 Å². The summed E-state index contributed by atoms with van der Waals surface area (Å²) >= 11 is 0. The maximum absolute atomic E-state index is 9.25. The summed E-state index contributed by atoms with van der Waals surface area (Å²) in [5, 5.41) is 7.60. The first-order chi connectivity index (χ1) is 7.20. The van der Waals surface area contributed by atoms with Crippen LogP contribution < -0.4 is 0 Å². The average molecular weight is 212 g/mol. The Morgan fingerprint density at radius 3 is 2.33 bits per heavy atom. The lowest BCUT2D eigenvalue weighted by molar-refractivity contribution is -0.131. The predicted molar refractivity (Wildman–Crippen MR) is 63.9 cm³/mol. The highest BCUT2D eigenvalue weighted by atomic mass is 16.4. The molecule has 0 aliphatic heterocycles. The molecule has 0 heterocycles. The van der Waals surface area contributed by atoms with Gasteiger partial charge < -0.3 is 5.11 Å². The molecule has 1 aliphatic rings. The van der Waals surface area contributed by atoms with Crippen LogP contribution in [-0.4, -0.2) is 11.1 Å². The standard InChI is InChI=1S/C10H20.C3H4O2/c1-2-3-7-10-8-5-4-6-9-10;1-2-3(4)5/h10H,2-9H2,1H3;2H,1H2,(H,4,5). The molecule has 1 rings (SSSR count). The summed E-state index contributed by atoms with van der Waals surface area (Å²) in [5.41, 5.74) is 0. The van der Waals surface area contributed by atoms with Crippen LogP contribution in [0.4, 0.5) is 0 Å². The molecule has 0 atom stereocenters. The van der Waals surface area contributed by atoms with Crippen molar-refractivity contribution in [3.63, 3.8) is 0 Å². The molecule has 0 aromatic rings. The number of aliphatic carboxylic acids is 1.